The van der Waals surface area contributed by atoms with Crippen LogP contribution in [0.5, 0.6) is 0 Å². The van der Waals surface area contributed by atoms with Crippen LogP contribution in [-0.2, 0) is 154 Å². The van der Waals surface area contributed by atoms with Crippen LogP contribution in [0.4, 0.5) is 26.3 Å². The van der Waals surface area contributed by atoms with Crippen LogP contribution in [0.15, 0.2) is 194 Å². The third kappa shape index (κ3) is 23.1. The molecule has 129 heavy (non-hydrogen) atoms. The highest BCUT2D eigenvalue weighted by Crippen LogP contribution is 2.26. The van der Waals surface area contributed by atoms with Crippen molar-refractivity contribution in [3.63, 3.8) is 0 Å². The lowest BCUT2D eigenvalue weighted by Crippen LogP contribution is -2.44. The summed E-state index contributed by atoms with van der Waals surface area (Å²) in [5.74, 6) is -2.77. The first kappa shape index (κ1) is 92.1. The Labute approximate surface area is 757 Å². The zero-order chi connectivity index (χ0) is 89.0. The highest BCUT2D eigenvalue weighted by molar-refractivity contribution is 6.70. The van der Waals surface area contributed by atoms with Crippen LogP contribution < -0.4 is 65.1 Å². The van der Waals surface area contributed by atoms with Gasteiger partial charge in [-0.25, -0.2) is 26.3 Å². The van der Waals surface area contributed by atoms with Crippen molar-refractivity contribution >= 4 is 137 Å². The largest absolute Gasteiger partial charge is 0.494 e. The minimum Gasteiger partial charge on any atom is -0.427 e. The fourth-order valence-corrected chi connectivity index (χ4v) is 17.8. The van der Waals surface area contributed by atoms with Crippen LogP contribution in [-0.4, -0.2) is 110 Å². The van der Waals surface area contributed by atoms with Gasteiger partial charge < -0.3 is 84.9 Å². The van der Waals surface area contributed by atoms with Crippen LogP contribution in [0, 0.1) is 69.5 Å². The van der Waals surface area contributed by atoms with Gasteiger partial charge in [-0.1, -0.05) is 168 Å². The van der Waals surface area contributed by atoms with E-state index in [0.29, 0.717) is 113 Å². The lowest BCUT2D eigenvalue weighted by molar-refractivity contribution is 0.149. The van der Waals surface area contributed by atoms with Gasteiger partial charge in [-0.15, -0.1) is 0 Å². The fourth-order valence-electron chi connectivity index (χ4n) is 17.6. The number of fused-ring (bicyclic) bond motifs is 10. The van der Waals surface area contributed by atoms with E-state index in [1.807, 2.05) is 48.5 Å². The predicted molar refractivity (Wildman–Crippen MR) is 494 cm³/mol. The Morgan fingerprint density at radius 2 is 0.612 bits per heavy atom. The third-order valence-electron chi connectivity index (χ3n) is 24.3. The SMILES string of the molecule is Cc1cc2c(cc1F)B(OCCOB1OCc3cc(F)c(F)cc31)OC2.Cc1ccc2c(c1)COB2NCCCB1OCc2cc(F)ccc21.Cc1ccc2c(c1)COB2NCCCCB1OCc2cc(F)ccc21.Cc1ccc2c(c1)COB2OCCOB1OCc2cc(Cl)ccc21.Cc1ccc2c(c1)COB2OCc1cccc(COB2OCc3cc(F)ccc32)c1. The van der Waals surface area contributed by atoms with Crippen molar-refractivity contribution < 1.29 is 101 Å². The van der Waals surface area contributed by atoms with E-state index in [0.717, 1.165) is 129 Å². The predicted octanol–water partition coefficient (Wildman–Crippen LogP) is 10.4. The molecule has 0 amide bonds. The van der Waals surface area contributed by atoms with Crippen molar-refractivity contribution in [3.8, 4) is 0 Å². The smallest absolute Gasteiger partial charge is 0.427 e. The number of halogens is 7. The van der Waals surface area contributed by atoms with Gasteiger partial charge in [0.05, 0.1) is 106 Å². The minimum absolute atomic E-state index is 0.00789. The van der Waals surface area contributed by atoms with E-state index in [1.54, 1.807) is 31.2 Å². The van der Waals surface area contributed by atoms with E-state index in [9.17, 15) is 26.3 Å². The van der Waals surface area contributed by atoms with Crippen molar-refractivity contribution in [2.24, 2.45) is 0 Å². The monoisotopic (exact) mass is 1770 g/mol. The van der Waals surface area contributed by atoms with Crippen molar-refractivity contribution in [1.29, 1.82) is 0 Å². The topological polar surface area (TPSA) is 172 Å². The summed E-state index contributed by atoms with van der Waals surface area (Å²) in [7, 11) is -2.85. The summed E-state index contributed by atoms with van der Waals surface area (Å²) in [6.07, 6.45) is 5.03. The van der Waals surface area contributed by atoms with Crippen LogP contribution in [0.25, 0.3) is 0 Å². The van der Waals surface area contributed by atoms with Gasteiger partial charge in [0.25, 0.3) is 0 Å². The number of benzene rings is 11. The van der Waals surface area contributed by atoms with Gasteiger partial charge in [-0.05, 0) is 267 Å². The Morgan fingerprint density at radius 1 is 0.287 bits per heavy atom. The van der Waals surface area contributed by atoms with Gasteiger partial charge >= 0.3 is 70.6 Å². The summed E-state index contributed by atoms with van der Waals surface area (Å²) in [5, 5.41) is 7.69. The highest BCUT2D eigenvalue weighted by Gasteiger charge is 2.40. The maximum Gasteiger partial charge on any atom is 0.494 e. The molecule has 0 bridgehead atoms. The number of hydrogen-bond acceptors (Lipinski definition) is 18. The second-order valence-electron chi connectivity index (χ2n) is 33.8. The van der Waals surface area contributed by atoms with Crippen molar-refractivity contribution in [3.05, 3.63) is 329 Å². The van der Waals surface area contributed by atoms with Gasteiger partial charge in [-0.3, -0.25) is 0 Å². The summed E-state index contributed by atoms with van der Waals surface area (Å²) in [6.45, 7) is 19.2. The Balaban J connectivity index is 0.000000113. The molecule has 0 aliphatic carbocycles. The summed E-state index contributed by atoms with van der Waals surface area (Å²) in [6, 6.07) is 59.4. The lowest BCUT2D eigenvalue weighted by Gasteiger charge is -2.12. The molecule has 0 atom stereocenters. The first-order valence-electron chi connectivity index (χ1n) is 44.0. The number of unbranched alkanes of at least 4 members (excludes halogenated alkanes) is 1. The van der Waals surface area contributed by atoms with Crippen LogP contribution in [0.1, 0.15) is 114 Å². The molecule has 2 N–H and O–H groups in total. The zero-order valence-corrected chi connectivity index (χ0v) is 73.4. The molecule has 10 aliphatic heterocycles. The van der Waals surface area contributed by atoms with E-state index in [2.05, 4.69) is 117 Å². The summed E-state index contributed by atoms with van der Waals surface area (Å²) in [4.78, 5) is 0. The summed E-state index contributed by atoms with van der Waals surface area (Å²) >= 11 is 5.99. The fraction of sp³-hybridized carbons (Fsp3) is 0.298. The van der Waals surface area contributed by atoms with Crippen LogP contribution in [0.2, 0.25) is 17.7 Å². The molecular formula is C94H95B10ClF6N2O16. The quantitative estimate of drug-likeness (QED) is 0.0283. The number of hydrogen-bond donors (Lipinski definition) is 2. The maximum atomic E-state index is 13.7. The van der Waals surface area contributed by atoms with E-state index in [4.69, 9.17) is 86.1 Å². The van der Waals surface area contributed by atoms with Gasteiger partial charge in [0.1, 0.15) is 23.3 Å². The Bertz CT molecular complexity index is 5350. The van der Waals surface area contributed by atoms with Gasteiger partial charge in [0.15, 0.2) is 11.6 Å². The molecule has 656 valence electrons. The van der Waals surface area contributed by atoms with Gasteiger partial charge in [-0.2, -0.15) is 0 Å². The normalized spacial score (nSPS) is 15.5. The standard InChI is InChI=1S/C23H21B2FO4.C19H22B2FNO2.C18H20B2FNO2.C17H17B2ClO4.C17H15B2F3O4/c1-16-5-7-22-19(9-16)14-29-24(22)27-12-17-3-2-4-18(10-17)13-28-25-23-8-6-21(26)11-20(23)15-30-25;1-14-4-6-19-15(10-14)13-25-21(19)23-9-3-2-8-20-18-7-5-17(22)11-16(18)12-24-20;1-13-3-5-18-14(9-13)12-24-20(18)22-8-2-7-19-17-6-4-16(21)10-15(17)11-23-19;1-12-2-4-16-13(8-12)10-23-18(16)21-6-7-22-19-17-5-3-15(20)9-14(17)11-24-19;1-10-4-11-8-25-18(13(11)6-15(10)20)23-2-3-24-19-14-7-17(22)16(21)5-12(14)9-26-19/h2-11H,12-15H2,1H3;4-7,10-11,23H,2-3,8-9,12-13H2,1H3;3-6,9-10,22H,2,7-8,11-12H2,1H3;2-5,8-9H,6-7,10-11H2,1H3;4-7H,2-3,8-9H2,1H3. The van der Waals surface area contributed by atoms with Crippen LogP contribution >= 0.6 is 11.6 Å². The molecule has 0 unspecified atom stereocenters. The van der Waals surface area contributed by atoms with Gasteiger partial charge in [0.2, 0.25) is 0 Å². The molecular weight excluding hydrogens is 1670 g/mol. The molecule has 10 heterocycles. The molecule has 0 saturated heterocycles. The maximum absolute atomic E-state index is 13.7. The van der Waals surface area contributed by atoms with E-state index < -0.39 is 33.0 Å². The first-order chi connectivity index (χ1) is 62.8. The summed E-state index contributed by atoms with van der Waals surface area (Å²) < 4.78 is 172. The number of rotatable bonds is 27. The summed E-state index contributed by atoms with van der Waals surface area (Å²) in [5.41, 5.74) is 28.1. The Kier molecular flexibility index (Phi) is 30.9. The molecule has 11 aromatic carbocycles. The Morgan fingerprint density at radius 3 is 1.08 bits per heavy atom. The molecule has 21 rings (SSSR count). The second kappa shape index (κ2) is 43.3. The van der Waals surface area contributed by atoms with Gasteiger partial charge in [0, 0.05) is 5.02 Å². The number of aryl methyl sites for hydroxylation is 5. The molecule has 0 saturated carbocycles. The average molecular weight is 1770 g/mol. The molecule has 10 aliphatic rings. The molecule has 0 radical (unpaired) electrons. The average Bonchev–Trinajstić information content (AvgIpc) is 2.09. The zero-order valence-electron chi connectivity index (χ0n) is 72.7. The second-order valence-corrected chi connectivity index (χ2v) is 34.2. The molecule has 0 spiro atoms. The number of nitrogens with one attached hydrogen (secondary N) is 2. The minimum atomic E-state index is -0.938. The van der Waals surface area contributed by atoms with Crippen molar-refractivity contribution in [2.75, 3.05) is 39.5 Å². The van der Waals surface area contributed by atoms with Crippen LogP contribution in [0.3, 0.4) is 0 Å². The molecule has 35 heteroatoms. The molecule has 11 aromatic rings. The lowest BCUT2D eigenvalue weighted by atomic mass is 9.58. The third-order valence-corrected chi connectivity index (χ3v) is 24.5. The Hall–Kier alpha value is -8.78. The van der Waals surface area contributed by atoms with Crippen molar-refractivity contribution in [2.45, 2.75) is 146 Å². The van der Waals surface area contributed by atoms with E-state index in [-0.39, 0.29) is 92.4 Å². The molecule has 18 nitrogen and oxygen atoms in total. The van der Waals surface area contributed by atoms with Crippen molar-refractivity contribution in [1.82, 2.24) is 10.5 Å². The highest BCUT2D eigenvalue weighted by atomic mass is 35.5. The van der Waals surface area contributed by atoms with E-state index in [1.165, 1.54) is 85.8 Å². The molecule has 0 fully saturated rings. The van der Waals surface area contributed by atoms with E-state index >= 15 is 0 Å². The first-order valence-corrected chi connectivity index (χ1v) is 44.4. The molecule has 0 aromatic heterocycles.